The lowest BCUT2D eigenvalue weighted by atomic mass is 9.96. The standard InChI is InChI=1S/C24H24N2O2/c1-24(2,3)28-23(27)26-22-14-15-25-17-20(22)16-21(18-10-6-4-7-11-18)19-12-8-5-9-13-19/h4-17H,1-3H3,(H,25,26,27). The average molecular weight is 372 g/mol. The van der Waals surface area contributed by atoms with E-state index in [1.165, 1.54) is 0 Å². The van der Waals surface area contributed by atoms with Crippen molar-refractivity contribution in [3.8, 4) is 0 Å². The number of hydrogen-bond donors (Lipinski definition) is 1. The van der Waals surface area contributed by atoms with Crippen LogP contribution in [0.3, 0.4) is 0 Å². The zero-order valence-electron chi connectivity index (χ0n) is 16.3. The summed E-state index contributed by atoms with van der Waals surface area (Å²) < 4.78 is 5.38. The first kappa shape index (κ1) is 19.4. The topological polar surface area (TPSA) is 51.2 Å². The quantitative estimate of drug-likeness (QED) is 0.609. The van der Waals surface area contributed by atoms with Gasteiger partial charge in [0, 0.05) is 18.0 Å². The maximum atomic E-state index is 12.2. The van der Waals surface area contributed by atoms with E-state index in [2.05, 4.69) is 34.6 Å². The number of hydrogen-bond acceptors (Lipinski definition) is 3. The van der Waals surface area contributed by atoms with Crippen molar-refractivity contribution in [3.05, 3.63) is 95.8 Å². The number of anilines is 1. The maximum Gasteiger partial charge on any atom is 0.412 e. The molecular weight excluding hydrogens is 348 g/mol. The fourth-order valence-electron chi connectivity index (χ4n) is 2.77. The molecule has 0 atom stereocenters. The second kappa shape index (κ2) is 8.53. The molecule has 28 heavy (non-hydrogen) atoms. The van der Waals surface area contributed by atoms with Crippen LogP contribution in [0.4, 0.5) is 10.5 Å². The minimum Gasteiger partial charge on any atom is -0.444 e. The number of nitrogens with zero attached hydrogens (tertiary/aromatic N) is 1. The molecule has 0 radical (unpaired) electrons. The van der Waals surface area contributed by atoms with Crippen LogP contribution in [0.5, 0.6) is 0 Å². The van der Waals surface area contributed by atoms with Gasteiger partial charge in [0.05, 0.1) is 5.69 Å². The Kier molecular flexibility index (Phi) is 5.90. The van der Waals surface area contributed by atoms with Crippen LogP contribution in [0.15, 0.2) is 79.1 Å². The largest absolute Gasteiger partial charge is 0.444 e. The first-order valence-corrected chi connectivity index (χ1v) is 9.19. The van der Waals surface area contributed by atoms with Gasteiger partial charge in [0.25, 0.3) is 0 Å². The highest BCUT2D eigenvalue weighted by Gasteiger charge is 2.17. The molecule has 1 aromatic heterocycles. The predicted octanol–water partition coefficient (Wildman–Crippen LogP) is 6.02. The van der Waals surface area contributed by atoms with E-state index in [0.717, 1.165) is 22.3 Å². The van der Waals surface area contributed by atoms with Crippen molar-refractivity contribution in [1.82, 2.24) is 4.98 Å². The average Bonchev–Trinajstić information content (AvgIpc) is 2.67. The summed E-state index contributed by atoms with van der Waals surface area (Å²) in [5.74, 6) is 0. The smallest absolute Gasteiger partial charge is 0.412 e. The van der Waals surface area contributed by atoms with Crippen LogP contribution >= 0.6 is 0 Å². The number of nitrogens with one attached hydrogen (secondary N) is 1. The van der Waals surface area contributed by atoms with E-state index in [1.54, 1.807) is 18.5 Å². The molecule has 1 N–H and O–H groups in total. The van der Waals surface area contributed by atoms with Crippen molar-refractivity contribution < 1.29 is 9.53 Å². The Hall–Kier alpha value is -3.40. The highest BCUT2D eigenvalue weighted by atomic mass is 16.6. The Balaban J connectivity index is 2.01. The SMILES string of the molecule is CC(C)(C)OC(=O)Nc1ccncc1C=C(c1ccccc1)c1ccccc1. The minimum absolute atomic E-state index is 0.491. The Bertz CT molecular complexity index is 917. The van der Waals surface area contributed by atoms with Gasteiger partial charge in [-0.05, 0) is 49.6 Å². The van der Waals surface area contributed by atoms with E-state index < -0.39 is 11.7 Å². The Labute approximate surface area is 165 Å². The molecule has 142 valence electrons. The van der Waals surface area contributed by atoms with E-state index >= 15 is 0 Å². The van der Waals surface area contributed by atoms with Gasteiger partial charge in [-0.2, -0.15) is 0 Å². The summed E-state index contributed by atoms with van der Waals surface area (Å²) in [6.45, 7) is 5.51. The summed E-state index contributed by atoms with van der Waals surface area (Å²) in [5, 5.41) is 2.83. The number of carbonyl (C=O) groups is 1. The van der Waals surface area contributed by atoms with E-state index in [0.29, 0.717) is 5.69 Å². The van der Waals surface area contributed by atoms with Crippen LogP contribution in [0.1, 0.15) is 37.5 Å². The lowest BCUT2D eigenvalue weighted by molar-refractivity contribution is 0.0636. The summed E-state index contributed by atoms with van der Waals surface area (Å²) >= 11 is 0. The van der Waals surface area contributed by atoms with Crippen LogP contribution in [0, 0.1) is 0 Å². The van der Waals surface area contributed by atoms with E-state index in [9.17, 15) is 4.79 Å². The van der Waals surface area contributed by atoms with Crippen molar-refractivity contribution in [2.24, 2.45) is 0 Å². The Morgan fingerprint density at radius 1 is 0.929 bits per heavy atom. The normalized spacial score (nSPS) is 10.8. The van der Waals surface area contributed by atoms with Crippen LogP contribution < -0.4 is 5.32 Å². The van der Waals surface area contributed by atoms with Gasteiger partial charge in [-0.1, -0.05) is 60.7 Å². The molecule has 0 unspecified atom stereocenters. The molecule has 0 aliphatic carbocycles. The number of benzene rings is 2. The molecule has 1 heterocycles. The number of rotatable bonds is 4. The number of ether oxygens (including phenoxy) is 1. The Morgan fingerprint density at radius 3 is 2.04 bits per heavy atom. The summed E-state index contributed by atoms with van der Waals surface area (Å²) in [6, 6.07) is 22.0. The zero-order valence-corrected chi connectivity index (χ0v) is 16.3. The molecule has 0 bridgehead atoms. The molecular formula is C24H24N2O2. The van der Waals surface area contributed by atoms with E-state index in [4.69, 9.17) is 4.74 Å². The van der Waals surface area contributed by atoms with Crippen molar-refractivity contribution in [2.75, 3.05) is 5.32 Å². The van der Waals surface area contributed by atoms with Gasteiger partial charge < -0.3 is 4.74 Å². The molecule has 0 fully saturated rings. The summed E-state index contributed by atoms with van der Waals surface area (Å²) in [6.07, 6.45) is 4.92. The van der Waals surface area contributed by atoms with Gasteiger partial charge in [-0.25, -0.2) is 4.79 Å². The molecule has 4 nitrogen and oxygen atoms in total. The molecule has 0 saturated heterocycles. The third kappa shape index (κ3) is 5.30. The molecule has 2 aromatic carbocycles. The van der Waals surface area contributed by atoms with E-state index in [1.807, 2.05) is 63.2 Å². The highest BCUT2D eigenvalue weighted by molar-refractivity contribution is 5.95. The summed E-state index contributed by atoms with van der Waals surface area (Å²) in [7, 11) is 0. The van der Waals surface area contributed by atoms with Crippen molar-refractivity contribution in [3.63, 3.8) is 0 Å². The van der Waals surface area contributed by atoms with Crippen molar-refractivity contribution >= 4 is 23.4 Å². The molecule has 1 amide bonds. The molecule has 3 rings (SSSR count). The van der Waals surface area contributed by atoms with Crippen molar-refractivity contribution in [2.45, 2.75) is 26.4 Å². The molecule has 0 spiro atoms. The molecule has 0 saturated carbocycles. The molecule has 0 aliphatic heterocycles. The number of aromatic nitrogens is 1. The van der Waals surface area contributed by atoms with Crippen LogP contribution in [-0.4, -0.2) is 16.7 Å². The third-order valence-electron chi connectivity index (χ3n) is 3.96. The summed E-state index contributed by atoms with van der Waals surface area (Å²) in [4.78, 5) is 16.5. The number of pyridine rings is 1. The van der Waals surface area contributed by atoms with Gasteiger partial charge in [0.2, 0.25) is 0 Å². The Morgan fingerprint density at radius 2 is 1.50 bits per heavy atom. The van der Waals surface area contributed by atoms with Gasteiger partial charge in [-0.3, -0.25) is 10.3 Å². The van der Waals surface area contributed by atoms with Crippen LogP contribution in [0.2, 0.25) is 0 Å². The van der Waals surface area contributed by atoms with E-state index in [-0.39, 0.29) is 0 Å². The fourth-order valence-corrected chi connectivity index (χ4v) is 2.77. The fraction of sp³-hybridized carbons (Fsp3) is 0.167. The first-order valence-electron chi connectivity index (χ1n) is 9.19. The molecule has 4 heteroatoms. The van der Waals surface area contributed by atoms with Gasteiger partial charge in [-0.15, -0.1) is 0 Å². The van der Waals surface area contributed by atoms with Gasteiger partial charge in [0.1, 0.15) is 5.60 Å². The number of carbonyl (C=O) groups excluding carboxylic acids is 1. The maximum absolute atomic E-state index is 12.2. The lowest BCUT2D eigenvalue weighted by Gasteiger charge is -2.20. The summed E-state index contributed by atoms with van der Waals surface area (Å²) in [5.41, 5.74) is 4.10. The van der Waals surface area contributed by atoms with Crippen LogP contribution in [-0.2, 0) is 4.74 Å². The van der Waals surface area contributed by atoms with Gasteiger partial charge >= 0.3 is 6.09 Å². The first-order chi connectivity index (χ1) is 13.4. The lowest BCUT2D eigenvalue weighted by Crippen LogP contribution is -2.27. The predicted molar refractivity (Wildman–Crippen MR) is 114 cm³/mol. The minimum atomic E-state index is -0.563. The second-order valence-corrected chi connectivity index (χ2v) is 7.38. The third-order valence-corrected chi connectivity index (χ3v) is 3.96. The monoisotopic (exact) mass is 372 g/mol. The molecule has 3 aromatic rings. The van der Waals surface area contributed by atoms with Crippen LogP contribution in [0.25, 0.3) is 11.6 Å². The number of amides is 1. The second-order valence-electron chi connectivity index (χ2n) is 7.38. The highest BCUT2D eigenvalue weighted by Crippen LogP contribution is 2.28. The van der Waals surface area contributed by atoms with Crippen molar-refractivity contribution in [1.29, 1.82) is 0 Å². The van der Waals surface area contributed by atoms with Gasteiger partial charge in [0.15, 0.2) is 0 Å². The zero-order chi connectivity index (χ0) is 20.0. The molecule has 0 aliphatic rings.